The maximum absolute atomic E-state index is 5.20. The van der Waals surface area contributed by atoms with Gasteiger partial charge in [-0.3, -0.25) is 0 Å². The number of hydrogen-bond acceptors (Lipinski definition) is 1. The maximum atomic E-state index is 5.20. The summed E-state index contributed by atoms with van der Waals surface area (Å²) in [6.07, 6.45) is 0. The number of rotatable bonds is 6. The smallest absolute Gasteiger partial charge is 0.0787 e. The van der Waals surface area contributed by atoms with Gasteiger partial charge in [-0.25, -0.2) is 4.98 Å². The number of aromatic nitrogens is 1. The molecule has 1 aromatic heterocycles. The van der Waals surface area contributed by atoms with Crippen molar-refractivity contribution in [3.05, 3.63) is 200 Å². The van der Waals surface area contributed by atoms with Gasteiger partial charge in [-0.15, -0.1) is 0 Å². The predicted octanol–water partition coefficient (Wildman–Crippen LogP) is 13.4. The van der Waals surface area contributed by atoms with Crippen LogP contribution >= 0.6 is 0 Å². The summed E-state index contributed by atoms with van der Waals surface area (Å²) in [5, 5.41) is 5.04. The summed E-state index contributed by atoms with van der Waals surface area (Å²) < 4.78 is 0. The fraction of sp³-hybridized carbons (Fsp3) is 0. The molecule has 0 spiro atoms. The van der Waals surface area contributed by atoms with E-state index < -0.39 is 0 Å². The highest BCUT2D eigenvalue weighted by atomic mass is 14.7. The number of hydrogen-bond donors (Lipinski definition) is 0. The molecule has 0 unspecified atom stereocenters. The second-order valence-electron chi connectivity index (χ2n) is 12.7. The van der Waals surface area contributed by atoms with Gasteiger partial charge in [0.25, 0.3) is 0 Å². The largest absolute Gasteiger partial charge is 0.247 e. The van der Waals surface area contributed by atoms with E-state index in [0.29, 0.717) is 0 Å². The highest BCUT2D eigenvalue weighted by Crippen LogP contribution is 2.45. The van der Waals surface area contributed by atoms with Crippen LogP contribution in [0.3, 0.4) is 0 Å². The van der Waals surface area contributed by atoms with E-state index in [1.165, 1.54) is 54.9 Å². The molecule has 0 bridgehead atoms. The van der Waals surface area contributed by atoms with Crippen molar-refractivity contribution in [1.82, 2.24) is 4.98 Å². The summed E-state index contributed by atoms with van der Waals surface area (Å²) >= 11 is 0. The summed E-state index contributed by atoms with van der Waals surface area (Å²) in [5.74, 6) is 0. The topological polar surface area (TPSA) is 12.9 Å². The van der Waals surface area contributed by atoms with Gasteiger partial charge >= 0.3 is 0 Å². The zero-order valence-corrected chi connectivity index (χ0v) is 27.5. The Kier molecular flexibility index (Phi) is 7.57. The van der Waals surface area contributed by atoms with E-state index in [4.69, 9.17) is 4.98 Å². The summed E-state index contributed by atoms with van der Waals surface area (Å²) in [4.78, 5) is 5.20. The molecular weight excluding hydrogens is 603 g/mol. The Bertz CT molecular complexity index is 2590. The number of pyridine rings is 1. The van der Waals surface area contributed by atoms with Crippen LogP contribution < -0.4 is 0 Å². The van der Waals surface area contributed by atoms with Crippen molar-refractivity contribution < 1.29 is 0 Å². The van der Waals surface area contributed by atoms with E-state index in [0.717, 1.165) is 33.6 Å². The van der Waals surface area contributed by atoms with Gasteiger partial charge in [0, 0.05) is 16.7 Å². The van der Waals surface area contributed by atoms with E-state index in [-0.39, 0.29) is 0 Å². The lowest BCUT2D eigenvalue weighted by molar-refractivity contribution is 1.32. The third-order valence-corrected chi connectivity index (χ3v) is 9.69. The molecule has 1 nitrogen and oxygen atoms in total. The van der Waals surface area contributed by atoms with E-state index >= 15 is 0 Å². The minimum Gasteiger partial charge on any atom is -0.247 e. The fourth-order valence-electron chi connectivity index (χ4n) is 7.31. The predicted molar refractivity (Wildman–Crippen MR) is 212 cm³/mol. The Labute approximate surface area is 292 Å². The molecule has 0 saturated carbocycles. The van der Waals surface area contributed by atoms with Crippen LogP contribution in [0.5, 0.6) is 0 Å². The first-order valence-electron chi connectivity index (χ1n) is 17.1. The second-order valence-corrected chi connectivity index (χ2v) is 12.7. The van der Waals surface area contributed by atoms with Crippen molar-refractivity contribution in [2.75, 3.05) is 0 Å². The molecule has 234 valence electrons. The molecule has 0 fully saturated rings. The molecule has 0 N–H and O–H groups in total. The lowest BCUT2D eigenvalue weighted by Crippen LogP contribution is -1.93. The Hall–Kier alpha value is -6.57. The molecule has 9 aromatic rings. The Morgan fingerprint density at radius 3 is 1.28 bits per heavy atom. The lowest BCUT2D eigenvalue weighted by atomic mass is 9.85. The van der Waals surface area contributed by atoms with Gasteiger partial charge in [-0.1, -0.05) is 188 Å². The Morgan fingerprint density at radius 2 is 0.700 bits per heavy atom. The van der Waals surface area contributed by atoms with Crippen LogP contribution in [0.2, 0.25) is 0 Å². The van der Waals surface area contributed by atoms with Crippen LogP contribution in [-0.4, -0.2) is 4.98 Å². The molecule has 0 amide bonds. The van der Waals surface area contributed by atoms with Gasteiger partial charge in [0.05, 0.1) is 11.4 Å². The maximum Gasteiger partial charge on any atom is 0.0787 e. The van der Waals surface area contributed by atoms with Gasteiger partial charge in [0.15, 0.2) is 0 Å². The van der Waals surface area contributed by atoms with Crippen LogP contribution in [0.15, 0.2) is 200 Å². The molecule has 0 aliphatic carbocycles. The number of nitrogens with zero attached hydrogens (tertiary/aromatic N) is 1. The monoisotopic (exact) mass is 635 g/mol. The molecule has 0 atom stereocenters. The first-order chi connectivity index (χ1) is 24.8. The Morgan fingerprint density at radius 1 is 0.260 bits per heavy atom. The van der Waals surface area contributed by atoms with Gasteiger partial charge in [-0.2, -0.15) is 0 Å². The minimum absolute atomic E-state index is 0.970. The van der Waals surface area contributed by atoms with Crippen LogP contribution in [0, 0.1) is 0 Å². The molecule has 1 heterocycles. The molecule has 0 aliphatic heterocycles. The lowest BCUT2D eigenvalue weighted by Gasteiger charge is -2.19. The quantitative estimate of drug-likeness (QED) is 0.166. The first-order valence-corrected chi connectivity index (χ1v) is 17.1. The average molecular weight is 636 g/mol. The molecule has 1 heteroatoms. The summed E-state index contributed by atoms with van der Waals surface area (Å²) in [5.41, 5.74) is 13.8. The van der Waals surface area contributed by atoms with Gasteiger partial charge in [-0.05, 0) is 72.6 Å². The summed E-state index contributed by atoms with van der Waals surface area (Å²) in [7, 11) is 0. The van der Waals surface area contributed by atoms with Crippen molar-refractivity contribution in [2.24, 2.45) is 0 Å². The van der Waals surface area contributed by atoms with Crippen molar-refractivity contribution >= 4 is 21.5 Å². The van der Waals surface area contributed by atoms with Crippen LogP contribution in [0.25, 0.3) is 88.6 Å². The first kappa shape index (κ1) is 29.6. The number of fused-ring (bicyclic) bond motifs is 2. The van der Waals surface area contributed by atoms with Crippen LogP contribution in [0.1, 0.15) is 0 Å². The molecular formula is C49H33N. The van der Waals surface area contributed by atoms with Crippen molar-refractivity contribution in [3.63, 3.8) is 0 Å². The van der Waals surface area contributed by atoms with E-state index in [1.54, 1.807) is 0 Å². The fourth-order valence-corrected chi connectivity index (χ4v) is 7.31. The zero-order chi connectivity index (χ0) is 33.3. The standard InChI is InChI=1S/C49H33N/c1-5-15-36(16-6-1)46-32-31-41(49(50-46)39-21-11-4-12-22-39)35-27-25-34(26-28-35)40-29-30-44-45(33-40)48(38-19-9-3-10-20-38)43-24-14-13-23-42(43)47(44)37-17-7-2-8-18-37/h1-33H. The third kappa shape index (κ3) is 5.36. The molecule has 9 rings (SSSR count). The normalized spacial score (nSPS) is 11.2. The molecule has 0 saturated heterocycles. The highest BCUT2D eigenvalue weighted by molar-refractivity contribution is 6.22. The van der Waals surface area contributed by atoms with E-state index in [1.807, 2.05) is 6.07 Å². The van der Waals surface area contributed by atoms with E-state index in [9.17, 15) is 0 Å². The molecule has 8 aromatic carbocycles. The highest BCUT2D eigenvalue weighted by Gasteiger charge is 2.18. The number of benzene rings is 8. The van der Waals surface area contributed by atoms with Gasteiger partial charge < -0.3 is 0 Å². The minimum atomic E-state index is 0.970. The van der Waals surface area contributed by atoms with Crippen molar-refractivity contribution in [3.8, 4) is 67.0 Å². The summed E-state index contributed by atoms with van der Waals surface area (Å²) in [6.45, 7) is 0. The molecule has 0 aliphatic rings. The SMILES string of the molecule is c1ccc(-c2ccc(-c3ccc(-c4ccc5c(-c6ccccc6)c6ccccc6c(-c6ccccc6)c5c4)cc3)c(-c3ccccc3)n2)cc1. The van der Waals surface area contributed by atoms with Crippen molar-refractivity contribution in [1.29, 1.82) is 0 Å². The van der Waals surface area contributed by atoms with Crippen LogP contribution in [-0.2, 0) is 0 Å². The molecule has 50 heavy (non-hydrogen) atoms. The second kappa shape index (κ2) is 12.8. The summed E-state index contributed by atoms with van der Waals surface area (Å²) in [6, 6.07) is 71.6. The van der Waals surface area contributed by atoms with Crippen molar-refractivity contribution in [2.45, 2.75) is 0 Å². The average Bonchev–Trinajstić information content (AvgIpc) is 3.21. The Balaban J connectivity index is 1.20. The van der Waals surface area contributed by atoms with Gasteiger partial charge in [0.2, 0.25) is 0 Å². The molecule has 0 radical (unpaired) electrons. The zero-order valence-electron chi connectivity index (χ0n) is 27.5. The van der Waals surface area contributed by atoms with E-state index in [2.05, 4.69) is 194 Å². The van der Waals surface area contributed by atoms with Crippen LogP contribution in [0.4, 0.5) is 0 Å². The third-order valence-electron chi connectivity index (χ3n) is 9.69. The van der Waals surface area contributed by atoms with Gasteiger partial charge in [0.1, 0.15) is 0 Å².